The standard InChI is InChI=1S/C27H23N3O6S/c1-16-9-8-12-19-23(16)29(2)25-24(19)30-15-18(37(33,34)17-10-6-5-7-11-17)13-14-20(30)21(26(31)35-3)22(28-25)27(32)36-4/h5-15H,1-4H3. The number of ether oxygens (including phenoxy) is 2. The van der Waals surface area contributed by atoms with Crippen molar-refractivity contribution in [1.82, 2.24) is 4.57 Å². The van der Waals surface area contributed by atoms with Gasteiger partial charge in [0.15, 0.2) is 11.5 Å². The lowest BCUT2D eigenvalue weighted by molar-refractivity contribution is -0.137. The van der Waals surface area contributed by atoms with Crippen molar-refractivity contribution in [3.8, 4) is 0 Å². The molecule has 9 nitrogen and oxygen atoms in total. The number of hydrogen-bond donors (Lipinski definition) is 0. The molecule has 3 aromatic rings. The minimum atomic E-state index is -3.90. The molecule has 3 heterocycles. The van der Waals surface area contributed by atoms with Crippen LogP contribution in [0.2, 0.25) is 0 Å². The Morgan fingerprint density at radius 1 is 0.919 bits per heavy atom. The van der Waals surface area contributed by atoms with E-state index in [1.807, 2.05) is 25.1 Å². The number of carbonyl (C=O) groups is 2. The molecule has 0 unspecified atom stereocenters. The Hall–Kier alpha value is -4.44. The molecule has 0 bridgehead atoms. The highest BCUT2D eigenvalue weighted by molar-refractivity contribution is 7.95. The highest BCUT2D eigenvalue weighted by atomic mass is 32.2. The summed E-state index contributed by atoms with van der Waals surface area (Å²) >= 11 is 0. The van der Waals surface area contributed by atoms with Crippen molar-refractivity contribution in [2.75, 3.05) is 19.1 Å². The fourth-order valence-electron chi connectivity index (χ4n) is 4.64. The molecule has 0 spiro atoms. The van der Waals surface area contributed by atoms with E-state index in [1.165, 1.54) is 44.7 Å². The number of aromatic nitrogens is 1. The summed E-state index contributed by atoms with van der Waals surface area (Å²) in [5.41, 5.74) is 2.16. The Labute approximate surface area is 213 Å². The molecule has 2 aliphatic heterocycles. The van der Waals surface area contributed by atoms with Gasteiger partial charge in [-0.1, -0.05) is 36.4 Å². The van der Waals surface area contributed by atoms with Crippen molar-refractivity contribution in [3.63, 3.8) is 0 Å². The lowest BCUT2D eigenvalue weighted by Crippen LogP contribution is -2.29. The number of sulfone groups is 1. The van der Waals surface area contributed by atoms with Crippen molar-refractivity contribution in [2.24, 2.45) is 12.0 Å². The van der Waals surface area contributed by atoms with Gasteiger partial charge in [-0.25, -0.2) is 23.0 Å². The highest BCUT2D eigenvalue weighted by Crippen LogP contribution is 2.46. The zero-order valence-electron chi connectivity index (χ0n) is 20.6. The van der Waals surface area contributed by atoms with Crippen LogP contribution in [0.3, 0.4) is 0 Å². The lowest BCUT2D eigenvalue weighted by atomic mass is 10.0. The summed E-state index contributed by atoms with van der Waals surface area (Å²) in [7, 11) is 0.280. The molecule has 0 radical (unpaired) electrons. The van der Waals surface area contributed by atoms with E-state index in [9.17, 15) is 18.0 Å². The van der Waals surface area contributed by atoms with E-state index >= 15 is 0 Å². The molecule has 188 valence electrons. The van der Waals surface area contributed by atoms with Crippen LogP contribution in [0.25, 0.3) is 10.9 Å². The van der Waals surface area contributed by atoms with E-state index in [-0.39, 0.29) is 26.8 Å². The SMILES string of the molecule is COC(=O)C1=Nc2c(c3cccc(C)c3n2C)N2C=C(S(=O)(=O)c3ccccc3)C=CC2=C1C(=O)OC. The van der Waals surface area contributed by atoms with Crippen LogP contribution in [0.5, 0.6) is 0 Å². The van der Waals surface area contributed by atoms with Crippen molar-refractivity contribution in [2.45, 2.75) is 11.8 Å². The third-order valence-electron chi connectivity index (χ3n) is 6.36. The Morgan fingerprint density at radius 2 is 1.62 bits per heavy atom. The quantitative estimate of drug-likeness (QED) is 0.484. The van der Waals surface area contributed by atoms with E-state index < -0.39 is 21.8 Å². The Kier molecular flexibility index (Phi) is 5.83. The maximum atomic E-state index is 13.5. The third kappa shape index (κ3) is 3.68. The number of carbonyl (C=O) groups excluding carboxylic acids is 2. The number of anilines is 1. The summed E-state index contributed by atoms with van der Waals surface area (Å²) in [6, 6.07) is 13.8. The molecule has 0 atom stereocenters. The zero-order chi connectivity index (χ0) is 26.5. The normalized spacial score (nSPS) is 15.0. The van der Waals surface area contributed by atoms with Crippen molar-refractivity contribution < 1.29 is 27.5 Å². The van der Waals surface area contributed by atoms with Crippen LogP contribution in [0.4, 0.5) is 11.5 Å². The minimum Gasteiger partial charge on any atom is -0.465 e. The summed E-state index contributed by atoms with van der Waals surface area (Å²) in [6.07, 6.45) is 4.31. The fourth-order valence-corrected chi connectivity index (χ4v) is 5.92. The van der Waals surface area contributed by atoms with E-state index in [0.717, 1.165) is 16.5 Å². The molecule has 2 aliphatic rings. The lowest BCUT2D eigenvalue weighted by Gasteiger charge is -2.26. The van der Waals surface area contributed by atoms with Crippen LogP contribution in [0.1, 0.15) is 5.56 Å². The maximum Gasteiger partial charge on any atom is 0.357 e. The first-order valence-electron chi connectivity index (χ1n) is 11.3. The van der Waals surface area contributed by atoms with Gasteiger partial charge in [0.2, 0.25) is 9.84 Å². The summed E-state index contributed by atoms with van der Waals surface area (Å²) in [4.78, 5) is 32.2. The van der Waals surface area contributed by atoms with Gasteiger partial charge in [-0.3, -0.25) is 0 Å². The molecule has 0 fully saturated rings. The van der Waals surface area contributed by atoms with Crippen LogP contribution in [-0.4, -0.2) is 44.9 Å². The van der Waals surface area contributed by atoms with Crippen LogP contribution >= 0.6 is 0 Å². The molecule has 2 aromatic carbocycles. The van der Waals surface area contributed by atoms with Gasteiger partial charge in [0.25, 0.3) is 0 Å². The maximum absolute atomic E-state index is 13.5. The first-order chi connectivity index (χ1) is 17.7. The number of fused-ring (bicyclic) bond motifs is 5. The first-order valence-corrected chi connectivity index (χ1v) is 12.8. The van der Waals surface area contributed by atoms with Gasteiger partial charge in [0.1, 0.15) is 5.57 Å². The number of allylic oxidation sites excluding steroid dienone is 2. The van der Waals surface area contributed by atoms with E-state index in [4.69, 9.17) is 9.47 Å². The highest BCUT2D eigenvalue weighted by Gasteiger charge is 2.37. The molecule has 10 heteroatoms. The first kappa shape index (κ1) is 24.3. The Bertz CT molecular complexity index is 1710. The monoisotopic (exact) mass is 517 g/mol. The smallest absolute Gasteiger partial charge is 0.357 e. The number of rotatable bonds is 4. The Morgan fingerprint density at radius 3 is 2.30 bits per heavy atom. The van der Waals surface area contributed by atoms with Crippen LogP contribution in [0, 0.1) is 6.92 Å². The average molecular weight is 518 g/mol. The molecule has 0 saturated carbocycles. The van der Waals surface area contributed by atoms with Gasteiger partial charge in [-0.15, -0.1) is 0 Å². The van der Waals surface area contributed by atoms with Gasteiger partial charge in [0.05, 0.1) is 40.9 Å². The van der Waals surface area contributed by atoms with Gasteiger partial charge >= 0.3 is 11.9 Å². The second-order valence-corrected chi connectivity index (χ2v) is 10.4. The number of esters is 2. The van der Waals surface area contributed by atoms with Crippen molar-refractivity contribution >= 4 is 49.9 Å². The van der Waals surface area contributed by atoms with Gasteiger partial charge in [0, 0.05) is 18.6 Å². The molecule has 0 amide bonds. The molecule has 0 saturated heterocycles. The van der Waals surface area contributed by atoms with Gasteiger partial charge < -0.3 is 18.9 Å². The number of hydrogen-bond acceptors (Lipinski definition) is 8. The van der Waals surface area contributed by atoms with Gasteiger partial charge in [-0.05, 0) is 36.8 Å². The number of methoxy groups -OCH3 is 2. The molecular weight excluding hydrogens is 494 g/mol. The van der Waals surface area contributed by atoms with Crippen LogP contribution < -0.4 is 4.90 Å². The Balaban J connectivity index is 1.88. The van der Waals surface area contributed by atoms with Crippen LogP contribution in [0.15, 0.2) is 92.9 Å². The molecule has 37 heavy (non-hydrogen) atoms. The molecule has 1 aromatic heterocycles. The molecule has 5 rings (SSSR count). The predicted molar refractivity (Wildman–Crippen MR) is 139 cm³/mol. The topological polar surface area (TPSA) is 107 Å². The summed E-state index contributed by atoms with van der Waals surface area (Å²) in [5.74, 6) is -1.29. The van der Waals surface area contributed by atoms with E-state index in [1.54, 1.807) is 34.7 Å². The second-order valence-electron chi connectivity index (χ2n) is 8.46. The number of nitrogens with zero attached hydrogens (tertiary/aromatic N) is 3. The summed E-state index contributed by atoms with van der Waals surface area (Å²) in [5, 5.41) is 0.761. The van der Waals surface area contributed by atoms with Crippen molar-refractivity contribution in [1.29, 1.82) is 0 Å². The third-order valence-corrected chi connectivity index (χ3v) is 8.12. The number of aryl methyl sites for hydroxylation is 2. The fraction of sp³-hybridized carbons (Fsp3) is 0.148. The number of benzene rings is 2. The second kappa shape index (κ2) is 8.90. The summed E-state index contributed by atoms with van der Waals surface area (Å²) < 4.78 is 38.8. The van der Waals surface area contributed by atoms with E-state index in [2.05, 4.69) is 4.99 Å². The van der Waals surface area contributed by atoms with Crippen molar-refractivity contribution in [3.05, 3.63) is 88.6 Å². The van der Waals surface area contributed by atoms with Crippen LogP contribution in [-0.2, 0) is 35.9 Å². The minimum absolute atomic E-state index is 0.00351. The number of aliphatic imine (C=N–C) groups is 1. The molecule has 0 aliphatic carbocycles. The molecule has 0 N–H and O–H groups in total. The van der Waals surface area contributed by atoms with E-state index in [0.29, 0.717) is 11.5 Å². The largest absolute Gasteiger partial charge is 0.465 e. The summed E-state index contributed by atoms with van der Waals surface area (Å²) in [6.45, 7) is 1.94. The zero-order valence-corrected chi connectivity index (χ0v) is 21.4. The van der Waals surface area contributed by atoms with Gasteiger partial charge in [-0.2, -0.15) is 0 Å². The number of para-hydroxylation sites is 1. The average Bonchev–Trinajstić information content (AvgIpc) is 3.10. The predicted octanol–water partition coefficient (Wildman–Crippen LogP) is 3.86. The molecular formula is C27H23N3O6S.